The molecule has 0 aliphatic carbocycles. The number of hydrogen-bond donors (Lipinski definition) is 3. The molecule has 2 aromatic rings. The number of ether oxygens (including phenoxy) is 1. The number of aromatic nitrogens is 3. The molecule has 3 rings (SSSR count). The molecule has 3 heterocycles. The topological polar surface area (TPSA) is 134 Å². The van der Waals surface area contributed by atoms with Crippen LogP contribution in [0.5, 0.6) is 0 Å². The first-order chi connectivity index (χ1) is 14.3. The average molecular weight is 440 g/mol. The van der Waals surface area contributed by atoms with E-state index in [1.807, 2.05) is 18.7 Å². The van der Waals surface area contributed by atoms with Gasteiger partial charge in [0, 0.05) is 13.2 Å². The molecule has 0 unspecified atom stereocenters. The molecule has 0 radical (unpaired) electrons. The molecule has 0 aromatic carbocycles. The number of halogens is 1. The standard InChI is InChI=1S/C19H26ClN5O5/c1-4-8-29-13-9-25(19-23-14(18(27)28)10(3)30-19)7-6-12(13)22-17(26)16-21-11(5-2)15(20)24-16/h12-13H,4-9H2,1-3H3,(H,21,24)(H,22,26)(H,27,28)/t12-,13+/m1/s1. The normalized spacial score (nSPS) is 19.1. The number of nitrogens with zero attached hydrogens (tertiary/aromatic N) is 3. The van der Waals surface area contributed by atoms with Gasteiger partial charge in [-0.15, -0.1) is 0 Å². The van der Waals surface area contributed by atoms with Gasteiger partial charge in [-0.25, -0.2) is 9.78 Å². The van der Waals surface area contributed by atoms with Gasteiger partial charge >= 0.3 is 5.97 Å². The highest BCUT2D eigenvalue weighted by Crippen LogP contribution is 2.24. The second kappa shape index (κ2) is 9.48. The number of carboxylic acids is 1. The van der Waals surface area contributed by atoms with Crippen LogP contribution in [0, 0.1) is 6.92 Å². The maximum Gasteiger partial charge on any atom is 0.358 e. The predicted molar refractivity (Wildman–Crippen MR) is 109 cm³/mol. The summed E-state index contributed by atoms with van der Waals surface area (Å²) >= 11 is 6.04. The van der Waals surface area contributed by atoms with Gasteiger partial charge in [0.25, 0.3) is 11.9 Å². The van der Waals surface area contributed by atoms with Crippen molar-refractivity contribution in [2.75, 3.05) is 24.6 Å². The third-order valence-electron chi connectivity index (χ3n) is 4.97. The summed E-state index contributed by atoms with van der Waals surface area (Å²) in [7, 11) is 0. The van der Waals surface area contributed by atoms with Gasteiger partial charge in [-0.3, -0.25) is 4.79 Å². The van der Waals surface area contributed by atoms with Crippen molar-refractivity contribution in [3.63, 3.8) is 0 Å². The average Bonchev–Trinajstić information content (AvgIpc) is 3.29. The molecule has 30 heavy (non-hydrogen) atoms. The maximum absolute atomic E-state index is 12.7. The second-order valence-electron chi connectivity index (χ2n) is 7.14. The van der Waals surface area contributed by atoms with Crippen molar-refractivity contribution in [3.8, 4) is 0 Å². The Balaban J connectivity index is 1.72. The number of imidazole rings is 1. The molecule has 1 amide bonds. The van der Waals surface area contributed by atoms with Crippen LogP contribution in [0.25, 0.3) is 0 Å². The Morgan fingerprint density at radius 3 is 2.77 bits per heavy atom. The van der Waals surface area contributed by atoms with E-state index in [-0.39, 0.29) is 41.3 Å². The smallest absolute Gasteiger partial charge is 0.358 e. The fourth-order valence-electron chi connectivity index (χ4n) is 3.38. The Morgan fingerprint density at radius 2 is 2.17 bits per heavy atom. The van der Waals surface area contributed by atoms with E-state index in [9.17, 15) is 14.7 Å². The molecule has 0 spiro atoms. The van der Waals surface area contributed by atoms with E-state index >= 15 is 0 Å². The summed E-state index contributed by atoms with van der Waals surface area (Å²) in [6.07, 6.45) is 1.72. The third kappa shape index (κ3) is 4.76. The lowest BCUT2D eigenvalue weighted by atomic mass is 10.0. The zero-order chi connectivity index (χ0) is 21.8. The number of hydrogen-bond acceptors (Lipinski definition) is 7. The van der Waals surface area contributed by atoms with Gasteiger partial charge in [0.05, 0.1) is 24.4 Å². The number of aromatic amines is 1. The summed E-state index contributed by atoms with van der Waals surface area (Å²) in [5, 5.41) is 12.5. The highest BCUT2D eigenvalue weighted by molar-refractivity contribution is 6.30. The molecule has 164 valence electrons. The summed E-state index contributed by atoms with van der Waals surface area (Å²) in [4.78, 5) is 36.9. The van der Waals surface area contributed by atoms with Crippen LogP contribution in [0.15, 0.2) is 4.42 Å². The zero-order valence-corrected chi connectivity index (χ0v) is 18.0. The van der Waals surface area contributed by atoms with Gasteiger partial charge in [0.15, 0.2) is 16.7 Å². The van der Waals surface area contributed by atoms with Gasteiger partial charge in [-0.05, 0) is 26.2 Å². The SMILES string of the molecule is CCCO[C@H]1CN(c2nc(C(=O)O)c(C)o2)CC[C@H]1NC(=O)c1nc(Cl)c(CC)[nH]1. The molecule has 10 nitrogen and oxygen atoms in total. The van der Waals surface area contributed by atoms with Gasteiger partial charge in [-0.2, -0.15) is 4.98 Å². The molecule has 1 aliphatic heterocycles. The number of anilines is 1. The minimum Gasteiger partial charge on any atom is -0.476 e. The lowest BCUT2D eigenvalue weighted by Gasteiger charge is -2.37. The first-order valence-electron chi connectivity index (χ1n) is 9.96. The zero-order valence-electron chi connectivity index (χ0n) is 17.2. The maximum atomic E-state index is 12.7. The molecule has 0 saturated carbocycles. The van der Waals surface area contributed by atoms with Crippen LogP contribution in [0.2, 0.25) is 5.15 Å². The minimum atomic E-state index is -1.13. The van der Waals surface area contributed by atoms with Crippen LogP contribution < -0.4 is 10.2 Å². The second-order valence-corrected chi connectivity index (χ2v) is 7.50. The largest absolute Gasteiger partial charge is 0.476 e. The number of carboxylic acid groups (broad SMARTS) is 1. The van der Waals surface area contributed by atoms with Crippen molar-refractivity contribution in [3.05, 3.63) is 28.1 Å². The van der Waals surface area contributed by atoms with Crippen LogP contribution in [0.3, 0.4) is 0 Å². The first-order valence-corrected chi connectivity index (χ1v) is 10.3. The van der Waals surface area contributed by atoms with Crippen molar-refractivity contribution in [1.82, 2.24) is 20.3 Å². The van der Waals surface area contributed by atoms with E-state index < -0.39 is 5.97 Å². The van der Waals surface area contributed by atoms with Gasteiger partial charge in [0.2, 0.25) is 0 Å². The molecule has 2 atom stereocenters. The van der Waals surface area contributed by atoms with Gasteiger partial charge in [0.1, 0.15) is 5.76 Å². The monoisotopic (exact) mass is 439 g/mol. The number of H-pyrrole nitrogens is 1. The summed E-state index contributed by atoms with van der Waals surface area (Å²) in [6.45, 7) is 6.95. The number of oxazole rings is 1. The number of aryl methyl sites for hydroxylation is 2. The van der Waals surface area contributed by atoms with Crippen molar-refractivity contribution in [2.45, 2.75) is 52.2 Å². The van der Waals surface area contributed by atoms with Gasteiger partial charge in [-0.1, -0.05) is 25.4 Å². The Hall–Kier alpha value is -2.59. The van der Waals surface area contributed by atoms with Crippen LogP contribution >= 0.6 is 11.6 Å². The Labute approximate surface area is 179 Å². The number of nitrogens with one attached hydrogen (secondary N) is 2. The van der Waals surface area contributed by atoms with Crippen molar-refractivity contribution in [2.24, 2.45) is 0 Å². The van der Waals surface area contributed by atoms with E-state index in [0.29, 0.717) is 43.4 Å². The first kappa shape index (κ1) is 22.1. The number of piperidine rings is 1. The number of carbonyl (C=O) groups is 2. The summed E-state index contributed by atoms with van der Waals surface area (Å²) in [5.41, 5.74) is 0.608. The Bertz CT molecular complexity index is 911. The van der Waals surface area contributed by atoms with Crippen molar-refractivity contribution >= 4 is 29.5 Å². The fourth-order valence-corrected chi connectivity index (χ4v) is 3.64. The number of aromatic carboxylic acids is 1. The molecule has 0 bridgehead atoms. The molecule has 11 heteroatoms. The molecular formula is C19H26ClN5O5. The summed E-state index contributed by atoms with van der Waals surface area (Å²) < 4.78 is 11.5. The highest BCUT2D eigenvalue weighted by atomic mass is 35.5. The lowest BCUT2D eigenvalue weighted by Crippen LogP contribution is -2.55. The summed E-state index contributed by atoms with van der Waals surface area (Å²) in [5.74, 6) is -1.06. The molecule has 1 fully saturated rings. The van der Waals surface area contributed by atoms with Crippen LogP contribution in [0.1, 0.15) is 59.3 Å². The molecule has 1 saturated heterocycles. The van der Waals surface area contributed by atoms with Gasteiger partial charge < -0.3 is 29.5 Å². The summed E-state index contributed by atoms with van der Waals surface area (Å²) in [6, 6.07) is -0.00515. The Morgan fingerprint density at radius 1 is 1.40 bits per heavy atom. The van der Waals surface area contributed by atoms with Crippen molar-refractivity contribution < 1.29 is 23.8 Å². The molecule has 3 N–H and O–H groups in total. The van der Waals surface area contributed by atoms with E-state index in [2.05, 4.69) is 20.3 Å². The van der Waals surface area contributed by atoms with E-state index in [1.54, 1.807) is 6.92 Å². The fraction of sp³-hybridized carbons (Fsp3) is 0.579. The number of carbonyl (C=O) groups excluding carboxylic acids is 1. The third-order valence-corrected chi connectivity index (χ3v) is 5.28. The predicted octanol–water partition coefficient (Wildman–Crippen LogP) is 2.42. The quantitative estimate of drug-likeness (QED) is 0.571. The molecule has 2 aromatic heterocycles. The minimum absolute atomic E-state index is 0.104. The number of amides is 1. The van der Waals surface area contributed by atoms with Crippen LogP contribution in [0.4, 0.5) is 6.01 Å². The highest BCUT2D eigenvalue weighted by Gasteiger charge is 2.34. The van der Waals surface area contributed by atoms with Crippen LogP contribution in [-0.4, -0.2) is 63.8 Å². The van der Waals surface area contributed by atoms with E-state index in [0.717, 1.165) is 6.42 Å². The Kier molecular flexibility index (Phi) is 6.99. The molecular weight excluding hydrogens is 414 g/mol. The van der Waals surface area contributed by atoms with Crippen molar-refractivity contribution in [1.29, 1.82) is 0 Å². The molecule has 1 aliphatic rings. The van der Waals surface area contributed by atoms with E-state index in [1.165, 1.54) is 0 Å². The lowest BCUT2D eigenvalue weighted by molar-refractivity contribution is 0.0195. The number of rotatable bonds is 8. The van der Waals surface area contributed by atoms with Crippen LogP contribution in [-0.2, 0) is 11.2 Å². The van der Waals surface area contributed by atoms with E-state index in [4.69, 9.17) is 20.8 Å².